The van der Waals surface area contributed by atoms with E-state index in [0.29, 0.717) is 19.5 Å². The van der Waals surface area contributed by atoms with Gasteiger partial charge >= 0.3 is 0 Å². The number of aromatic nitrogens is 1. The summed E-state index contributed by atoms with van der Waals surface area (Å²) in [4.78, 5) is 17.1. The van der Waals surface area contributed by atoms with E-state index in [4.69, 9.17) is 0 Å². The lowest BCUT2D eigenvalue weighted by molar-refractivity contribution is -0.129. The highest BCUT2D eigenvalue weighted by Crippen LogP contribution is 2.24. The van der Waals surface area contributed by atoms with E-state index in [1.165, 1.54) is 12.1 Å². The number of rotatable bonds is 2. The topological polar surface area (TPSA) is 56.3 Å². The Balaban J connectivity index is 1.88. The number of aromatic amines is 1. The Hall–Kier alpha value is -1.88. The Morgan fingerprint density at radius 2 is 2.35 bits per heavy atom. The number of halogens is 1. The predicted molar refractivity (Wildman–Crippen MR) is 73.9 cm³/mol. The molecule has 1 atom stereocenters. The first-order chi connectivity index (χ1) is 9.54. The van der Waals surface area contributed by atoms with Gasteiger partial charge in [-0.15, -0.1) is 0 Å². The van der Waals surface area contributed by atoms with E-state index in [9.17, 15) is 14.3 Å². The molecule has 1 fully saturated rings. The highest BCUT2D eigenvalue weighted by Gasteiger charge is 2.25. The van der Waals surface area contributed by atoms with E-state index < -0.39 is 6.10 Å². The molecule has 0 spiro atoms. The third-order valence-corrected chi connectivity index (χ3v) is 3.93. The Kier molecular flexibility index (Phi) is 3.22. The average Bonchev–Trinajstić information content (AvgIpc) is 2.95. The molecular weight excluding hydrogens is 259 g/mol. The van der Waals surface area contributed by atoms with E-state index in [0.717, 1.165) is 22.2 Å². The first-order valence-electron chi connectivity index (χ1n) is 6.77. The zero-order valence-electron chi connectivity index (χ0n) is 11.3. The zero-order chi connectivity index (χ0) is 14.3. The van der Waals surface area contributed by atoms with Crippen molar-refractivity contribution >= 4 is 16.8 Å². The summed E-state index contributed by atoms with van der Waals surface area (Å²) < 4.78 is 13.4. The van der Waals surface area contributed by atoms with E-state index in [1.54, 1.807) is 11.0 Å². The van der Waals surface area contributed by atoms with Gasteiger partial charge in [-0.25, -0.2) is 4.39 Å². The van der Waals surface area contributed by atoms with Gasteiger partial charge in [0.1, 0.15) is 5.82 Å². The number of carbonyl (C=O) groups is 1. The van der Waals surface area contributed by atoms with Crippen molar-refractivity contribution in [1.82, 2.24) is 9.88 Å². The van der Waals surface area contributed by atoms with Crippen LogP contribution in [-0.4, -0.2) is 40.1 Å². The predicted octanol–water partition coefficient (Wildman–Crippen LogP) is 1.75. The number of aryl methyl sites for hydroxylation is 1. The fourth-order valence-electron chi connectivity index (χ4n) is 2.81. The summed E-state index contributed by atoms with van der Waals surface area (Å²) in [5.41, 5.74) is 2.57. The number of β-amino-alcohol motifs (C(OH)–C–C–N with tert-alkyl or cyclic N) is 1. The summed E-state index contributed by atoms with van der Waals surface area (Å²) in [6, 6.07) is 4.55. The SMILES string of the molecule is Cc1[nH]c2ccc(F)cc2c1CC(=O)N1CC[C@@H](O)C1. The molecule has 1 aliphatic rings. The zero-order valence-corrected chi connectivity index (χ0v) is 11.3. The Morgan fingerprint density at radius 1 is 1.55 bits per heavy atom. The van der Waals surface area contributed by atoms with Crippen molar-refractivity contribution in [1.29, 1.82) is 0 Å². The summed E-state index contributed by atoms with van der Waals surface area (Å²) in [5, 5.41) is 10.2. The number of nitrogens with one attached hydrogen (secondary N) is 1. The van der Waals surface area contributed by atoms with Crippen LogP contribution in [-0.2, 0) is 11.2 Å². The number of hydrogen-bond acceptors (Lipinski definition) is 2. The molecule has 106 valence electrons. The monoisotopic (exact) mass is 276 g/mol. The molecule has 0 unspecified atom stereocenters. The average molecular weight is 276 g/mol. The first kappa shape index (κ1) is 13.1. The van der Waals surface area contributed by atoms with E-state index in [1.807, 2.05) is 6.92 Å². The minimum Gasteiger partial charge on any atom is -0.391 e. The van der Waals surface area contributed by atoms with E-state index in [2.05, 4.69) is 4.98 Å². The number of H-pyrrole nitrogens is 1. The molecule has 4 nitrogen and oxygen atoms in total. The number of benzene rings is 1. The molecule has 1 aromatic carbocycles. The van der Waals surface area contributed by atoms with Crippen LogP contribution in [0.15, 0.2) is 18.2 Å². The molecule has 0 radical (unpaired) electrons. The molecular formula is C15H17FN2O2. The normalized spacial score (nSPS) is 18.9. The molecule has 2 N–H and O–H groups in total. The molecule has 1 aliphatic heterocycles. The second-order valence-electron chi connectivity index (χ2n) is 5.38. The highest BCUT2D eigenvalue weighted by atomic mass is 19.1. The third kappa shape index (κ3) is 2.29. The highest BCUT2D eigenvalue weighted by molar-refractivity contribution is 5.90. The largest absolute Gasteiger partial charge is 0.391 e. The standard InChI is InChI=1S/C15H17FN2O2/c1-9-12(7-15(20)18-5-4-11(19)8-18)13-6-10(16)2-3-14(13)17-9/h2-3,6,11,17,19H,4-5,7-8H2,1H3/t11-/m1/s1. The Labute approximate surface area is 116 Å². The van der Waals surface area contributed by atoms with Crippen LogP contribution in [0.2, 0.25) is 0 Å². The molecule has 5 heteroatoms. The second kappa shape index (κ2) is 4.90. The Bertz CT molecular complexity index is 665. The van der Waals surface area contributed by atoms with E-state index >= 15 is 0 Å². The number of likely N-dealkylation sites (tertiary alicyclic amines) is 1. The van der Waals surface area contributed by atoms with Crippen LogP contribution >= 0.6 is 0 Å². The summed E-state index contributed by atoms with van der Waals surface area (Å²) >= 11 is 0. The number of fused-ring (bicyclic) bond motifs is 1. The molecule has 2 heterocycles. The minimum atomic E-state index is -0.416. The molecule has 1 saturated heterocycles. The van der Waals surface area contributed by atoms with Gasteiger partial charge in [0.05, 0.1) is 12.5 Å². The van der Waals surface area contributed by atoms with Crippen LogP contribution in [0.1, 0.15) is 17.7 Å². The lowest BCUT2D eigenvalue weighted by Gasteiger charge is -2.15. The fraction of sp³-hybridized carbons (Fsp3) is 0.400. The molecule has 2 aromatic rings. The molecule has 20 heavy (non-hydrogen) atoms. The maximum absolute atomic E-state index is 13.4. The molecule has 1 aromatic heterocycles. The van der Waals surface area contributed by atoms with Crippen LogP contribution in [0.3, 0.4) is 0 Å². The first-order valence-corrected chi connectivity index (χ1v) is 6.77. The van der Waals surface area contributed by atoms with Gasteiger partial charge in [-0.1, -0.05) is 0 Å². The van der Waals surface area contributed by atoms with Crippen molar-refractivity contribution in [2.75, 3.05) is 13.1 Å². The van der Waals surface area contributed by atoms with Crippen molar-refractivity contribution in [3.8, 4) is 0 Å². The van der Waals surface area contributed by atoms with Crippen LogP contribution in [0.25, 0.3) is 10.9 Å². The van der Waals surface area contributed by atoms with Crippen LogP contribution < -0.4 is 0 Å². The van der Waals surface area contributed by atoms with Crippen molar-refractivity contribution < 1.29 is 14.3 Å². The summed E-state index contributed by atoms with van der Waals surface area (Å²) in [6.45, 7) is 2.88. The maximum atomic E-state index is 13.4. The number of carbonyl (C=O) groups excluding carboxylic acids is 1. The van der Waals surface area contributed by atoms with Crippen molar-refractivity contribution in [3.05, 3.63) is 35.3 Å². The molecule has 1 amide bonds. The van der Waals surface area contributed by atoms with E-state index in [-0.39, 0.29) is 18.1 Å². The van der Waals surface area contributed by atoms with Crippen LogP contribution in [0.4, 0.5) is 4.39 Å². The van der Waals surface area contributed by atoms with Crippen molar-refractivity contribution in [2.45, 2.75) is 25.9 Å². The summed E-state index contributed by atoms with van der Waals surface area (Å²) in [7, 11) is 0. The molecule has 0 bridgehead atoms. The van der Waals surface area contributed by atoms with Gasteiger partial charge in [0, 0.05) is 29.7 Å². The fourth-order valence-corrected chi connectivity index (χ4v) is 2.81. The Morgan fingerprint density at radius 3 is 3.05 bits per heavy atom. The summed E-state index contributed by atoms with van der Waals surface area (Å²) in [5.74, 6) is -0.323. The quantitative estimate of drug-likeness (QED) is 0.878. The number of aliphatic hydroxyl groups excluding tert-OH is 1. The smallest absolute Gasteiger partial charge is 0.227 e. The van der Waals surface area contributed by atoms with Gasteiger partial charge in [-0.05, 0) is 37.1 Å². The number of aliphatic hydroxyl groups is 1. The van der Waals surface area contributed by atoms with Gasteiger partial charge in [0.25, 0.3) is 0 Å². The van der Waals surface area contributed by atoms with Gasteiger partial charge in [0.2, 0.25) is 5.91 Å². The van der Waals surface area contributed by atoms with Gasteiger partial charge < -0.3 is 15.0 Å². The van der Waals surface area contributed by atoms with Gasteiger partial charge in [-0.3, -0.25) is 4.79 Å². The lowest BCUT2D eigenvalue weighted by atomic mass is 10.1. The molecule has 3 rings (SSSR count). The van der Waals surface area contributed by atoms with Crippen LogP contribution in [0, 0.1) is 12.7 Å². The third-order valence-electron chi connectivity index (χ3n) is 3.93. The second-order valence-corrected chi connectivity index (χ2v) is 5.38. The van der Waals surface area contributed by atoms with Crippen molar-refractivity contribution in [3.63, 3.8) is 0 Å². The maximum Gasteiger partial charge on any atom is 0.227 e. The lowest BCUT2D eigenvalue weighted by Crippen LogP contribution is -2.30. The van der Waals surface area contributed by atoms with Gasteiger partial charge in [0.15, 0.2) is 0 Å². The number of amides is 1. The molecule has 0 aliphatic carbocycles. The number of hydrogen-bond donors (Lipinski definition) is 2. The molecule has 0 saturated carbocycles. The minimum absolute atomic E-state index is 0.0187. The number of nitrogens with zero attached hydrogens (tertiary/aromatic N) is 1. The van der Waals surface area contributed by atoms with Crippen LogP contribution in [0.5, 0.6) is 0 Å². The van der Waals surface area contributed by atoms with Gasteiger partial charge in [-0.2, -0.15) is 0 Å². The van der Waals surface area contributed by atoms with Crippen molar-refractivity contribution in [2.24, 2.45) is 0 Å². The summed E-state index contributed by atoms with van der Waals surface area (Å²) in [6.07, 6.45) is 0.454.